The molecule has 2 atom stereocenters. The van der Waals surface area contributed by atoms with E-state index in [0.717, 1.165) is 12.8 Å². The van der Waals surface area contributed by atoms with Crippen LogP contribution in [0.2, 0.25) is 0 Å². The second-order valence-electron chi connectivity index (χ2n) is 3.52. The second-order valence-corrected chi connectivity index (χ2v) is 5.29. The normalized spacial score (nSPS) is 21.7. The van der Waals surface area contributed by atoms with Crippen LogP contribution in [-0.2, 0) is 20.3 Å². The third-order valence-corrected chi connectivity index (χ3v) is 4.49. The molecule has 0 aromatic rings. The number of ether oxygens (including phenoxy) is 1. The van der Waals surface area contributed by atoms with Gasteiger partial charge in [0.05, 0.1) is 13.0 Å². The molecule has 0 N–H and O–H groups in total. The van der Waals surface area contributed by atoms with E-state index in [1.54, 1.807) is 6.92 Å². The fraction of sp³-hybridized carbons (Fsp3) is 0.889. The van der Waals surface area contributed by atoms with Crippen molar-refractivity contribution in [3.05, 3.63) is 0 Å². The highest BCUT2D eigenvalue weighted by atomic mass is 32.2. The van der Waals surface area contributed by atoms with Crippen LogP contribution < -0.4 is 0 Å². The van der Waals surface area contributed by atoms with E-state index in [-0.39, 0.29) is 11.9 Å². The van der Waals surface area contributed by atoms with Gasteiger partial charge in [0.15, 0.2) is 0 Å². The Hall–Kier alpha value is -0.380. The van der Waals surface area contributed by atoms with Gasteiger partial charge in [-0.1, -0.05) is 13.3 Å². The molecule has 13 heavy (non-hydrogen) atoms. The quantitative estimate of drug-likeness (QED) is 0.644. The first-order valence-electron chi connectivity index (χ1n) is 4.60. The number of hydrogen-bond acceptors (Lipinski definition) is 3. The van der Waals surface area contributed by atoms with Crippen LogP contribution in [0.25, 0.3) is 0 Å². The number of rotatable bonds is 4. The van der Waals surface area contributed by atoms with Crippen LogP contribution in [0, 0.1) is 5.92 Å². The fourth-order valence-electron chi connectivity index (χ4n) is 1.29. The van der Waals surface area contributed by atoms with Crippen molar-refractivity contribution in [3.63, 3.8) is 0 Å². The van der Waals surface area contributed by atoms with Gasteiger partial charge in [-0.15, -0.1) is 0 Å². The Morgan fingerprint density at radius 1 is 1.62 bits per heavy atom. The molecule has 0 saturated heterocycles. The topological polar surface area (TPSA) is 43.4 Å². The maximum Gasteiger partial charge on any atom is 0.309 e. The van der Waals surface area contributed by atoms with Gasteiger partial charge in [-0.25, -0.2) is 0 Å². The molecular formula is C9H16O3S. The van der Waals surface area contributed by atoms with E-state index in [4.69, 9.17) is 0 Å². The first-order chi connectivity index (χ1) is 6.15. The molecule has 0 aromatic carbocycles. The van der Waals surface area contributed by atoms with Crippen molar-refractivity contribution in [3.8, 4) is 0 Å². The predicted octanol–water partition coefficient (Wildman–Crippen LogP) is 1.10. The van der Waals surface area contributed by atoms with E-state index in [0.29, 0.717) is 11.0 Å². The first kappa shape index (κ1) is 10.7. The highest BCUT2D eigenvalue weighted by Crippen LogP contribution is 2.25. The van der Waals surface area contributed by atoms with E-state index in [9.17, 15) is 9.00 Å². The lowest BCUT2D eigenvalue weighted by atomic mass is 10.00. The summed E-state index contributed by atoms with van der Waals surface area (Å²) in [7, 11) is 0.535. The zero-order valence-corrected chi connectivity index (χ0v) is 8.93. The van der Waals surface area contributed by atoms with Gasteiger partial charge >= 0.3 is 5.97 Å². The van der Waals surface area contributed by atoms with Crippen molar-refractivity contribution in [1.29, 1.82) is 0 Å². The van der Waals surface area contributed by atoms with Crippen molar-refractivity contribution in [1.82, 2.24) is 0 Å². The summed E-state index contributed by atoms with van der Waals surface area (Å²) in [5.41, 5.74) is 0. The predicted molar refractivity (Wildman–Crippen MR) is 51.8 cm³/mol. The summed E-state index contributed by atoms with van der Waals surface area (Å²) in [5, 5.41) is 0.340. The van der Waals surface area contributed by atoms with Crippen LogP contribution >= 0.6 is 0 Å². The molecule has 0 bridgehead atoms. The van der Waals surface area contributed by atoms with Crippen LogP contribution in [0.1, 0.15) is 26.2 Å². The molecule has 0 radical (unpaired) electrons. The minimum absolute atomic E-state index is 0.230. The van der Waals surface area contributed by atoms with E-state index < -0.39 is 10.8 Å². The number of methoxy groups -OCH3 is 1. The minimum atomic E-state index is -0.831. The van der Waals surface area contributed by atoms with Gasteiger partial charge in [0, 0.05) is 21.8 Å². The van der Waals surface area contributed by atoms with E-state index in [1.807, 2.05) is 0 Å². The summed E-state index contributed by atoms with van der Waals surface area (Å²) in [6.07, 6.45) is 3.30. The molecule has 0 amide bonds. The summed E-state index contributed by atoms with van der Waals surface area (Å²) >= 11 is 0. The molecule has 0 aliphatic heterocycles. The summed E-state index contributed by atoms with van der Waals surface area (Å²) in [4.78, 5) is 11.0. The highest BCUT2D eigenvalue weighted by molar-refractivity contribution is 7.85. The van der Waals surface area contributed by atoms with Gasteiger partial charge in [0.25, 0.3) is 0 Å². The largest absolute Gasteiger partial charge is 0.469 e. The average molecular weight is 204 g/mol. The lowest BCUT2D eigenvalue weighted by Gasteiger charge is -2.25. The van der Waals surface area contributed by atoms with Crippen LogP contribution in [0.15, 0.2) is 0 Å². The molecule has 1 fully saturated rings. The molecule has 0 spiro atoms. The molecule has 2 unspecified atom stereocenters. The zero-order chi connectivity index (χ0) is 9.84. The molecule has 1 rings (SSSR count). The van der Waals surface area contributed by atoms with E-state index >= 15 is 0 Å². The lowest BCUT2D eigenvalue weighted by molar-refractivity contribution is -0.144. The molecule has 3 nitrogen and oxygen atoms in total. The Morgan fingerprint density at radius 2 is 2.23 bits per heavy atom. The maximum atomic E-state index is 11.6. The van der Waals surface area contributed by atoms with Crippen LogP contribution in [0.5, 0.6) is 0 Å². The standard InChI is InChI=1S/C9H16O3S/c1-7(9(10)12-2)6-13(11)8-4-3-5-8/h7-8H,3-6H2,1-2H3. The summed E-state index contributed by atoms with van der Waals surface area (Å²) in [5.74, 6) is -0.0312. The molecule has 1 aliphatic rings. The average Bonchev–Trinajstić information content (AvgIpc) is 1.99. The summed E-state index contributed by atoms with van der Waals surface area (Å²) in [6, 6.07) is 0. The molecule has 0 heterocycles. The van der Waals surface area contributed by atoms with Crippen LogP contribution in [0.4, 0.5) is 0 Å². The third-order valence-electron chi connectivity index (χ3n) is 2.44. The van der Waals surface area contributed by atoms with E-state index in [1.165, 1.54) is 13.5 Å². The van der Waals surface area contributed by atoms with Crippen LogP contribution in [-0.4, -0.2) is 28.3 Å². The van der Waals surface area contributed by atoms with Crippen molar-refractivity contribution in [2.45, 2.75) is 31.4 Å². The van der Waals surface area contributed by atoms with Crippen molar-refractivity contribution >= 4 is 16.8 Å². The number of hydrogen-bond donors (Lipinski definition) is 0. The monoisotopic (exact) mass is 204 g/mol. The van der Waals surface area contributed by atoms with Crippen LogP contribution in [0.3, 0.4) is 0 Å². The van der Waals surface area contributed by atoms with Gasteiger partial charge in [-0.05, 0) is 12.8 Å². The third kappa shape index (κ3) is 2.79. The van der Waals surface area contributed by atoms with E-state index in [2.05, 4.69) is 4.74 Å². The Kier molecular flexibility index (Phi) is 3.90. The molecule has 1 aliphatic carbocycles. The van der Waals surface area contributed by atoms with Gasteiger partial charge in [0.2, 0.25) is 0 Å². The minimum Gasteiger partial charge on any atom is -0.469 e. The fourth-order valence-corrected chi connectivity index (χ4v) is 3.05. The molecular weight excluding hydrogens is 188 g/mol. The molecule has 1 saturated carbocycles. The zero-order valence-electron chi connectivity index (χ0n) is 8.12. The Bertz CT molecular complexity index is 211. The lowest BCUT2D eigenvalue weighted by Crippen LogP contribution is -2.29. The first-order valence-corrected chi connectivity index (χ1v) is 5.98. The van der Waals surface area contributed by atoms with Gasteiger partial charge in [-0.2, -0.15) is 0 Å². The maximum absolute atomic E-state index is 11.6. The second kappa shape index (κ2) is 4.74. The molecule has 0 aromatic heterocycles. The summed E-state index contributed by atoms with van der Waals surface area (Å²) < 4.78 is 16.1. The molecule has 76 valence electrons. The number of carbonyl (C=O) groups is 1. The summed E-state index contributed by atoms with van der Waals surface area (Å²) in [6.45, 7) is 1.77. The number of carbonyl (C=O) groups excluding carboxylic acids is 1. The van der Waals surface area contributed by atoms with Gasteiger partial charge < -0.3 is 4.74 Å². The number of esters is 1. The van der Waals surface area contributed by atoms with Crippen molar-refractivity contribution in [2.24, 2.45) is 5.92 Å². The molecule has 4 heteroatoms. The Labute approximate surface area is 81.3 Å². The Balaban J connectivity index is 2.30. The van der Waals surface area contributed by atoms with Gasteiger partial charge in [0.1, 0.15) is 0 Å². The Morgan fingerprint density at radius 3 is 2.62 bits per heavy atom. The SMILES string of the molecule is COC(=O)C(C)CS(=O)C1CCC1. The van der Waals surface area contributed by atoms with Gasteiger partial charge in [-0.3, -0.25) is 9.00 Å². The highest BCUT2D eigenvalue weighted by Gasteiger charge is 2.26. The van der Waals surface area contributed by atoms with Crippen molar-refractivity contribution in [2.75, 3.05) is 12.9 Å². The van der Waals surface area contributed by atoms with Crippen molar-refractivity contribution < 1.29 is 13.7 Å². The smallest absolute Gasteiger partial charge is 0.309 e.